The first-order valence-corrected chi connectivity index (χ1v) is 6.10. The first-order valence-electron chi connectivity index (χ1n) is 6.10. The fraction of sp³-hybridized carbons (Fsp3) is 0.462. The van der Waals surface area contributed by atoms with Gasteiger partial charge in [-0.05, 0) is 30.9 Å². The summed E-state index contributed by atoms with van der Waals surface area (Å²) in [4.78, 5) is 13.6. The second-order valence-electron chi connectivity index (χ2n) is 4.76. The standard InChI is InChI=1S/C13H17FN2O2/c1-9-4-6-16(7-5-9)13(18)15-12-3-2-10(17)8-11(12)14/h2-3,8-9,17H,4-7H2,1H3,(H,15,18). The molecule has 0 saturated carbocycles. The summed E-state index contributed by atoms with van der Waals surface area (Å²) >= 11 is 0. The van der Waals surface area contributed by atoms with E-state index in [9.17, 15) is 9.18 Å². The van der Waals surface area contributed by atoms with Crippen LogP contribution in [0.25, 0.3) is 0 Å². The molecule has 2 amide bonds. The third-order valence-electron chi connectivity index (χ3n) is 3.27. The van der Waals surface area contributed by atoms with Gasteiger partial charge in [0.2, 0.25) is 0 Å². The molecule has 2 N–H and O–H groups in total. The fourth-order valence-electron chi connectivity index (χ4n) is 2.01. The van der Waals surface area contributed by atoms with Crippen molar-refractivity contribution >= 4 is 11.7 Å². The van der Waals surface area contributed by atoms with E-state index in [1.807, 2.05) is 0 Å². The molecule has 1 aromatic rings. The number of aromatic hydroxyl groups is 1. The zero-order valence-corrected chi connectivity index (χ0v) is 10.3. The Morgan fingerprint density at radius 1 is 1.44 bits per heavy atom. The predicted octanol–water partition coefficient (Wildman–Crippen LogP) is 2.80. The highest BCUT2D eigenvalue weighted by atomic mass is 19.1. The number of phenolic OH excluding ortho intramolecular Hbond substituents is 1. The molecule has 4 nitrogen and oxygen atoms in total. The molecule has 0 unspecified atom stereocenters. The van der Waals surface area contributed by atoms with E-state index in [0.29, 0.717) is 19.0 Å². The van der Waals surface area contributed by atoms with Crippen molar-refractivity contribution in [2.75, 3.05) is 18.4 Å². The number of piperidine rings is 1. The van der Waals surface area contributed by atoms with Crippen molar-refractivity contribution in [2.24, 2.45) is 5.92 Å². The highest BCUT2D eigenvalue weighted by molar-refractivity contribution is 5.89. The monoisotopic (exact) mass is 252 g/mol. The highest BCUT2D eigenvalue weighted by Gasteiger charge is 2.20. The summed E-state index contributed by atoms with van der Waals surface area (Å²) < 4.78 is 13.4. The lowest BCUT2D eigenvalue weighted by Gasteiger charge is -2.30. The topological polar surface area (TPSA) is 52.6 Å². The molecule has 0 aromatic heterocycles. The molecule has 1 heterocycles. The first-order chi connectivity index (χ1) is 8.56. The lowest BCUT2D eigenvalue weighted by Crippen LogP contribution is -2.40. The van der Waals surface area contributed by atoms with Crippen molar-refractivity contribution in [3.05, 3.63) is 24.0 Å². The van der Waals surface area contributed by atoms with E-state index in [0.717, 1.165) is 18.9 Å². The lowest BCUT2D eigenvalue weighted by atomic mass is 10.00. The highest BCUT2D eigenvalue weighted by Crippen LogP contribution is 2.21. The maximum absolute atomic E-state index is 13.4. The smallest absolute Gasteiger partial charge is 0.321 e. The third kappa shape index (κ3) is 2.91. The predicted molar refractivity (Wildman–Crippen MR) is 67.1 cm³/mol. The van der Waals surface area contributed by atoms with Crippen molar-refractivity contribution in [3.8, 4) is 5.75 Å². The first kappa shape index (κ1) is 12.7. The zero-order chi connectivity index (χ0) is 13.1. The van der Waals surface area contributed by atoms with E-state index in [1.165, 1.54) is 12.1 Å². The van der Waals surface area contributed by atoms with Crippen LogP contribution in [-0.2, 0) is 0 Å². The average Bonchev–Trinajstić information content (AvgIpc) is 2.33. The minimum Gasteiger partial charge on any atom is -0.508 e. The average molecular weight is 252 g/mol. The van der Waals surface area contributed by atoms with E-state index in [4.69, 9.17) is 5.11 Å². The van der Waals surface area contributed by atoms with Crippen LogP contribution in [0, 0.1) is 11.7 Å². The number of carbonyl (C=O) groups excluding carboxylic acids is 1. The van der Waals surface area contributed by atoms with Gasteiger partial charge in [-0.3, -0.25) is 0 Å². The number of halogens is 1. The van der Waals surface area contributed by atoms with E-state index >= 15 is 0 Å². The number of carbonyl (C=O) groups is 1. The number of urea groups is 1. The summed E-state index contributed by atoms with van der Waals surface area (Å²) in [5.74, 6) is -0.148. The number of anilines is 1. The second-order valence-corrected chi connectivity index (χ2v) is 4.76. The Hall–Kier alpha value is -1.78. The van der Waals surface area contributed by atoms with E-state index in [-0.39, 0.29) is 17.5 Å². The molecular formula is C13H17FN2O2. The molecule has 0 spiro atoms. The van der Waals surface area contributed by atoms with Crippen molar-refractivity contribution in [2.45, 2.75) is 19.8 Å². The molecule has 1 aromatic carbocycles. The lowest BCUT2D eigenvalue weighted by molar-refractivity contribution is 0.186. The molecule has 5 heteroatoms. The van der Waals surface area contributed by atoms with Crippen molar-refractivity contribution in [1.82, 2.24) is 4.90 Å². The Balaban J connectivity index is 1.98. The summed E-state index contributed by atoms with van der Waals surface area (Å²) in [6.45, 7) is 3.56. The van der Waals surface area contributed by atoms with Crippen LogP contribution in [0.5, 0.6) is 5.75 Å². The van der Waals surface area contributed by atoms with Crippen LogP contribution >= 0.6 is 0 Å². The van der Waals surface area contributed by atoms with Gasteiger partial charge in [-0.2, -0.15) is 0 Å². The number of hydrogen-bond acceptors (Lipinski definition) is 2. The van der Waals surface area contributed by atoms with E-state index in [2.05, 4.69) is 12.2 Å². The summed E-state index contributed by atoms with van der Waals surface area (Å²) in [5, 5.41) is 11.6. The molecule has 0 atom stereocenters. The van der Waals surface area contributed by atoms with Gasteiger partial charge in [-0.25, -0.2) is 9.18 Å². The van der Waals surface area contributed by atoms with Gasteiger partial charge in [0.15, 0.2) is 0 Å². The normalized spacial score (nSPS) is 16.7. The molecule has 0 radical (unpaired) electrons. The molecule has 98 valence electrons. The van der Waals surface area contributed by atoms with E-state index in [1.54, 1.807) is 4.90 Å². The van der Waals surface area contributed by atoms with Gasteiger partial charge in [0, 0.05) is 19.2 Å². The minimum atomic E-state index is -0.631. The SMILES string of the molecule is CC1CCN(C(=O)Nc2ccc(O)cc2F)CC1. The number of nitrogens with zero attached hydrogens (tertiary/aromatic N) is 1. The molecule has 0 aliphatic carbocycles. The number of amides is 2. The minimum absolute atomic E-state index is 0.0939. The quantitative estimate of drug-likeness (QED) is 0.755. The van der Waals surface area contributed by atoms with Crippen LogP contribution in [0.15, 0.2) is 18.2 Å². The Morgan fingerprint density at radius 3 is 2.72 bits per heavy atom. The van der Waals surface area contributed by atoms with Crippen molar-refractivity contribution in [3.63, 3.8) is 0 Å². The Labute approximate surface area is 105 Å². The summed E-state index contributed by atoms with van der Waals surface area (Å²) in [5.41, 5.74) is 0.0939. The fourth-order valence-corrected chi connectivity index (χ4v) is 2.01. The van der Waals surface area contributed by atoms with Crippen LogP contribution < -0.4 is 5.32 Å². The number of hydrogen-bond donors (Lipinski definition) is 2. The zero-order valence-electron chi connectivity index (χ0n) is 10.3. The van der Waals surface area contributed by atoms with Crippen molar-refractivity contribution < 1.29 is 14.3 Å². The summed E-state index contributed by atoms with van der Waals surface area (Å²) in [7, 11) is 0. The number of rotatable bonds is 1. The van der Waals surface area contributed by atoms with Crippen LogP contribution in [-0.4, -0.2) is 29.1 Å². The molecule has 1 aliphatic rings. The van der Waals surface area contributed by atoms with Gasteiger partial charge >= 0.3 is 6.03 Å². The van der Waals surface area contributed by atoms with Crippen LogP contribution in [0.2, 0.25) is 0 Å². The van der Waals surface area contributed by atoms with Crippen LogP contribution in [0.4, 0.5) is 14.9 Å². The summed E-state index contributed by atoms with van der Waals surface area (Å²) in [6, 6.07) is 3.39. The van der Waals surface area contributed by atoms with Crippen LogP contribution in [0.1, 0.15) is 19.8 Å². The second kappa shape index (κ2) is 5.25. The van der Waals surface area contributed by atoms with Gasteiger partial charge < -0.3 is 15.3 Å². The van der Waals surface area contributed by atoms with Gasteiger partial charge in [0.05, 0.1) is 5.69 Å². The molecular weight excluding hydrogens is 235 g/mol. The van der Waals surface area contributed by atoms with Gasteiger partial charge in [0.1, 0.15) is 11.6 Å². The maximum atomic E-state index is 13.4. The number of nitrogens with one attached hydrogen (secondary N) is 1. The number of likely N-dealkylation sites (tertiary alicyclic amines) is 1. The summed E-state index contributed by atoms with van der Waals surface area (Å²) in [6.07, 6.45) is 1.96. The number of benzene rings is 1. The Morgan fingerprint density at radius 2 is 2.11 bits per heavy atom. The Bertz CT molecular complexity index is 443. The van der Waals surface area contributed by atoms with Gasteiger partial charge in [-0.1, -0.05) is 6.92 Å². The molecule has 0 bridgehead atoms. The molecule has 1 fully saturated rings. The largest absolute Gasteiger partial charge is 0.508 e. The van der Waals surface area contributed by atoms with Crippen molar-refractivity contribution in [1.29, 1.82) is 0 Å². The van der Waals surface area contributed by atoms with Gasteiger partial charge in [0.25, 0.3) is 0 Å². The molecule has 1 saturated heterocycles. The van der Waals surface area contributed by atoms with Gasteiger partial charge in [-0.15, -0.1) is 0 Å². The van der Waals surface area contributed by atoms with Crippen LogP contribution in [0.3, 0.4) is 0 Å². The Kier molecular flexibility index (Phi) is 3.69. The third-order valence-corrected chi connectivity index (χ3v) is 3.27. The van der Waals surface area contributed by atoms with E-state index < -0.39 is 5.82 Å². The molecule has 2 rings (SSSR count). The molecule has 1 aliphatic heterocycles. The maximum Gasteiger partial charge on any atom is 0.321 e. The number of phenols is 1. The molecule has 18 heavy (non-hydrogen) atoms.